The van der Waals surface area contributed by atoms with Crippen LogP contribution in [-0.4, -0.2) is 22.2 Å². The molecule has 9 heteroatoms. The molecule has 1 aromatic heterocycles. The number of non-ortho nitro benzene ring substituents is 1. The van der Waals surface area contributed by atoms with E-state index in [1.807, 2.05) is 0 Å². The van der Waals surface area contributed by atoms with E-state index < -0.39 is 4.92 Å². The number of aromatic nitrogens is 2. The van der Waals surface area contributed by atoms with Gasteiger partial charge in [0.05, 0.1) is 18.1 Å². The summed E-state index contributed by atoms with van der Waals surface area (Å²) in [6.45, 7) is 0.165. The highest BCUT2D eigenvalue weighted by atomic mass is 35.5. The first-order valence-electron chi connectivity index (χ1n) is 5.03. The number of nitrogens with zero attached hydrogens (tertiary/aromatic N) is 3. The first kappa shape index (κ1) is 13.5. The first-order chi connectivity index (χ1) is 9.10. The molecule has 1 heterocycles. The van der Waals surface area contributed by atoms with E-state index in [4.69, 9.17) is 21.1 Å². The number of nitro groups is 1. The molecule has 0 amide bonds. The fourth-order valence-electron chi connectivity index (χ4n) is 1.32. The van der Waals surface area contributed by atoms with Gasteiger partial charge in [-0.15, -0.1) is 10.2 Å². The van der Waals surface area contributed by atoms with Crippen LogP contribution in [0, 0.1) is 10.1 Å². The van der Waals surface area contributed by atoms with E-state index in [0.29, 0.717) is 15.2 Å². The minimum atomic E-state index is -0.503. The van der Waals surface area contributed by atoms with Crippen molar-refractivity contribution in [1.82, 2.24) is 10.2 Å². The highest BCUT2D eigenvalue weighted by Crippen LogP contribution is 2.31. The predicted molar refractivity (Wildman–Crippen MR) is 68.9 cm³/mol. The molecular formula is C10H8ClN3O4S. The number of hydrogen-bond donors (Lipinski definition) is 0. The van der Waals surface area contributed by atoms with E-state index in [-0.39, 0.29) is 18.0 Å². The van der Waals surface area contributed by atoms with Gasteiger partial charge in [0, 0.05) is 6.07 Å². The van der Waals surface area contributed by atoms with E-state index in [1.54, 1.807) is 0 Å². The van der Waals surface area contributed by atoms with Gasteiger partial charge in [0.2, 0.25) is 4.47 Å². The molecule has 0 fully saturated rings. The van der Waals surface area contributed by atoms with E-state index in [9.17, 15) is 10.1 Å². The van der Waals surface area contributed by atoms with Crippen molar-refractivity contribution in [3.05, 3.63) is 37.8 Å². The summed E-state index contributed by atoms with van der Waals surface area (Å²) in [5.41, 5.74) is -0.0665. The van der Waals surface area contributed by atoms with Gasteiger partial charge in [0.1, 0.15) is 6.61 Å². The first-order valence-corrected chi connectivity index (χ1v) is 6.22. The van der Waals surface area contributed by atoms with Crippen LogP contribution in [0.15, 0.2) is 18.2 Å². The molecule has 7 nitrogen and oxygen atoms in total. The molecule has 0 saturated heterocycles. The van der Waals surface area contributed by atoms with Crippen molar-refractivity contribution in [2.75, 3.05) is 7.11 Å². The zero-order chi connectivity index (χ0) is 13.8. The standard InChI is InChI=1S/C10H8ClN3O4S/c1-17-8-4-6(14(15)16)2-3-7(8)18-5-9-12-13-10(11)19-9/h2-4H,5H2,1H3. The molecule has 0 spiro atoms. The van der Waals surface area contributed by atoms with Crippen LogP contribution in [0.2, 0.25) is 4.47 Å². The Labute approximate surface area is 116 Å². The monoisotopic (exact) mass is 301 g/mol. The number of methoxy groups -OCH3 is 1. The SMILES string of the molecule is COc1cc([N+](=O)[O-])ccc1OCc1nnc(Cl)s1. The molecule has 2 rings (SSSR count). The van der Waals surface area contributed by atoms with Crippen molar-refractivity contribution in [2.24, 2.45) is 0 Å². The Bertz CT molecular complexity index is 604. The van der Waals surface area contributed by atoms with Crippen molar-refractivity contribution < 1.29 is 14.4 Å². The molecule has 1 aromatic carbocycles. The van der Waals surface area contributed by atoms with Crippen molar-refractivity contribution in [2.45, 2.75) is 6.61 Å². The fourth-order valence-corrected chi connectivity index (χ4v) is 2.10. The van der Waals surface area contributed by atoms with Crippen LogP contribution in [0.3, 0.4) is 0 Å². The van der Waals surface area contributed by atoms with Gasteiger partial charge in [-0.25, -0.2) is 0 Å². The van der Waals surface area contributed by atoms with Crippen molar-refractivity contribution >= 4 is 28.6 Å². The molecular weight excluding hydrogens is 294 g/mol. The topological polar surface area (TPSA) is 87.4 Å². The number of ether oxygens (including phenoxy) is 2. The summed E-state index contributed by atoms with van der Waals surface area (Å²) in [5.74, 6) is 0.671. The van der Waals surface area contributed by atoms with Crippen LogP contribution in [0.5, 0.6) is 11.5 Å². The fraction of sp³-hybridized carbons (Fsp3) is 0.200. The van der Waals surface area contributed by atoms with E-state index in [2.05, 4.69) is 10.2 Å². The van der Waals surface area contributed by atoms with Crippen LogP contribution in [0.1, 0.15) is 5.01 Å². The van der Waals surface area contributed by atoms with Crippen LogP contribution in [0.4, 0.5) is 5.69 Å². The summed E-state index contributed by atoms with van der Waals surface area (Å²) in [6.07, 6.45) is 0. The second kappa shape index (κ2) is 5.81. The third kappa shape index (κ3) is 3.30. The number of benzene rings is 1. The van der Waals surface area contributed by atoms with Crippen molar-refractivity contribution in [3.63, 3.8) is 0 Å². The molecule has 0 atom stereocenters. The van der Waals surface area contributed by atoms with Crippen molar-refractivity contribution in [3.8, 4) is 11.5 Å². The van der Waals surface area contributed by atoms with Gasteiger partial charge in [-0.1, -0.05) is 11.3 Å². The summed E-state index contributed by atoms with van der Waals surface area (Å²) >= 11 is 6.84. The van der Waals surface area contributed by atoms with Gasteiger partial charge in [-0.3, -0.25) is 10.1 Å². The van der Waals surface area contributed by atoms with Gasteiger partial charge < -0.3 is 9.47 Å². The Kier molecular flexibility index (Phi) is 4.13. The van der Waals surface area contributed by atoms with Gasteiger partial charge >= 0.3 is 0 Å². The number of rotatable bonds is 5. The summed E-state index contributed by atoms with van der Waals surface area (Å²) in [7, 11) is 1.41. The smallest absolute Gasteiger partial charge is 0.273 e. The quantitative estimate of drug-likeness (QED) is 0.623. The molecule has 0 radical (unpaired) electrons. The number of halogens is 1. The lowest BCUT2D eigenvalue weighted by Crippen LogP contribution is -1.98. The summed E-state index contributed by atoms with van der Waals surface area (Å²) in [5, 5.41) is 18.7. The average molecular weight is 302 g/mol. The van der Waals surface area contributed by atoms with Crippen LogP contribution >= 0.6 is 22.9 Å². The summed E-state index contributed by atoms with van der Waals surface area (Å²) in [6, 6.07) is 4.10. The zero-order valence-electron chi connectivity index (χ0n) is 9.70. The van der Waals surface area contributed by atoms with Gasteiger partial charge in [0.25, 0.3) is 5.69 Å². The van der Waals surface area contributed by atoms with Crippen LogP contribution < -0.4 is 9.47 Å². The number of hydrogen-bond acceptors (Lipinski definition) is 7. The third-order valence-corrected chi connectivity index (χ3v) is 3.14. The second-order valence-electron chi connectivity index (χ2n) is 3.33. The molecule has 0 saturated carbocycles. The Morgan fingerprint density at radius 3 is 2.79 bits per heavy atom. The Morgan fingerprint density at radius 2 is 2.21 bits per heavy atom. The molecule has 0 bridgehead atoms. The minimum Gasteiger partial charge on any atom is -0.493 e. The maximum Gasteiger partial charge on any atom is 0.273 e. The van der Waals surface area contributed by atoms with Gasteiger partial charge in [-0.05, 0) is 17.7 Å². The zero-order valence-corrected chi connectivity index (χ0v) is 11.3. The molecule has 19 heavy (non-hydrogen) atoms. The predicted octanol–water partition coefficient (Wildman–Crippen LogP) is 2.69. The molecule has 0 aliphatic carbocycles. The van der Waals surface area contributed by atoms with E-state index in [1.165, 1.54) is 36.6 Å². The second-order valence-corrected chi connectivity index (χ2v) is 4.97. The van der Waals surface area contributed by atoms with E-state index in [0.717, 1.165) is 0 Å². The Hall–Kier alpha value is -1.93. The molecule has 0 aliphatic heterocycles. The largest absolute Gasteiger partial charge is 0.493 e. The van der Waals surface area contributed by atoms with Gasteiger partial charge in [-0.2, -0.15) is 0 Å². The molecule has 0 unspecified atom stereocenters. The number of nitro benzene ring substituents is 1. The molecule has 0 aliphatic rings. The average Bonchev–Trinajstić information content (AvgIpc) is 2.81. The lowest BCUT2D eigenvalue weighted by molar-refractivity contribution is -0.385. The Morgan fingerprint density at radius 1 is 1.42 bits per heavy atom. The minimum absolute atomic E-state index is 0.0665. The van der Waals surface area contributed by atoms with Crippen molar-refractivity contribution in [1.29, 1.82) is 0 Å². The van der Waals surface area contributed by atoms with Gasteiger partial charge in [0.15, 0.2) is 16.5 Å². The van der Waals surface area contributed by atoms with Crippen LogP contribution in [0.25, 0.3) is 0 Å². The maximum absolute atomic E-state index is 10.6. The normalized spacial score (nSPS) is 10.2. The molecule has 100 valence electrons. The Balaban J connectivity index is 2.13. The maximum atomic E-state index is 10.6. The lowest BCUT2D eigenvalue weighted by Gasteiger charge is -2.08. The lowest BCUT2D eigenvalue weighted by atomic mass is 10.3. The molecule has 2 aromatic rings. The summed E-state index contributed by atoms with van der Waals surface area (Å²) < 4.78 is 10.8. The highest BCUT2D eigenvalue weighted by molar-refractivity contribution is 7.15. The third-order valence-electron chi connectivity index (χ3n) is 2.15. The highest BCUT2D eigenvalue weighted by Gasteiger charge is 2.13. The van der Waals surface area contributed by atoms with Crippen LogP contribution in [-0.2, 0) is 6.61 Å². The molecule has 0 N–H and O–H groups in total. The van der Waals surface area contributed by atoms with E-state index >= 15 is 0 Å². The summed E-state index contributed by atoms with van der Waals surface area (Å²) in [4.78, 5) is 10.1.